The van der Waals surface area contributed by atoms with Crippen LogP contribution in [0.4, 0.5) is 0 Å². The monoisotopic (exact) mass is 185 g/mol. The van der Waals surface area contributed by atoms with Crippen molar-refractivity contribution in [1.82, 2.24) is 4.90 Å². The van der Waals surface area contributed by atoms with E-state index in [0.29, 0.717) is 0 Å². The van der Waals surface area contributed by atoms with E-state index in [0.717, 1.165) is 31.2 Å². The molecule has 2 heteroatoms. The van der Waals surface area contributed by atoms with Crippen LogP contribution in [0.15, 0.2) is 0 Å². The van der Waals surface area contributed by atoms with E-state index in [1.807, 2.05) is 6.92 Å². The number of hydrogen-bond donors (Lipinski definition) is 1. The van der Waals surface area contributed by atoms with E-state index < -0.39 is 0 Å². The summed E-state index contributed by atoms with van der Waals surface area (Å²) in [6, 6.07) is 0. The Balaban J connectivity index is 1.95. The zero-order valence-electron chi connectivity index (χ0n) is 9.16. The van der Waals surface area contributed by atoms with E-state index in [-0.39, 0.29) is 6.10 Å². The highest BCUT2D eigenvalue weighted by Crippen LogP contribution is 2.37. The highest BCUT2D eigenvalue weighted by Gasteiger charge is 2.32. The van der Waals surface area contributed by atoms with E-state index in [4.69, 9.17) is 5.11 Å². The molecule has 0 aromatic carbocycles. The van der Waals surface area contributed by atoms with Gasteiger partial charge >= 0.3 is 0 Å². The molecule has 1 saturated carbocycles. The van der Waals surface area contributed by atoms with E-state index in [1.165, 1.54) is 13.0 Å². The fraction of sp³-hybridized carbons (Fsp3) is 1.00. The Kier molecular flexibility index (Phi) is 4.20. The number of hydrogen-bond acceptors (Lipinski definition) is 2. The van der Waals surface area contributed by atoms with Crippen LogP contribution in [0.25, 0.3) is 0 Å². The molecule has 3 atom stereocenters. The summed E-state index contributed by atoms with van der Waals surface area (Å²) in [5.74, 6) is 1.91. The first-order valence-electron chi connectivity index (χ1n) is 5.46. The Morgan fingerprint density at radius 2 is 2.15 bits per heavy atom. The molecule has 0 bridgehead atoms. The Morgan fingerprint density at radius 3 is 2.62 bits per heavy atom. The van der Waals surface area contributed by atoms with Crippen LogP contribution in [-0.4, -0.2) is 36.2 Å². The van der Waals surface area contributed by atoms with Gasteiger partial charge in [0.2, 0.25) is 0 Å². The fourth-order valence-corrected chi connectivity index (χ4v) is 1.80. The van der Waals surface area contributed by atoms with Gasteiger partial charge in [-0.2, -0.15) is 0 Å². The van der Waals surface area contributed by atoms with Gasteiger partial charge in [-0.15, -0.1) is 0 Å². The summed E-state index contributed by atoms with van der Waals surface area (Å²) in [6.45, 7) is 6.58. The lowest BCUT2D eigenvalue weighted by atomic mass is 10.2. The predicted octanol–water partition coefficient (Wildman–Crippen LogP) is 1.74. The average Bonchev–Trinajstić information content (AvgIpc) is 2.65. The maximum atomic E-state index is 9.08. The summed E-state index contributed by atoms with van der Waals surface area (Å²) >= 11 is 0. The molecular weight excluding hydrogens is 162 g/mol. The average molecular weight is 185 g/mol. The summed E-state index contributed by atoms with van der Waals surface area (Å²) in [7, 11) is 2.19. The SMILES string of the molecule is CC(O)CCCN(C)CC1CC1C. The van der Waals surface area contributed by atoms with Crippen LogP contribution in [-0.2, 0) is 0 Å². The van der Waals surface area contributed by atoms with Crippen molar-refractivity contribution in [3.8, 4) is 0 Å². The Bertz CT molecular complexity index is 147. The highest BCUT2D eigenvalue weighted by molar-refractivity contribution is 4.84. The van der Waals surface area contributed by atoms with Crippen LogP contribution >= 0.6 is 0 Å². The van der Waals surface area contributed by atoms with Crippen molar-refractivity contribution in [3.63, 3.8) is 0 Å². The van der Waals surface area contributed by atoms with Crippen molar-refractivity contribution >= 4 is 0 Å². The first-order chi connectivity index (χ1) is 6.09. The quantitative estimate of drug-likeness (QED) is 0.681. The molecule has 0 aliphatic heterocycles. The third-order valence-corrected chi connectivity index (χ3v) is 2.98. The molecule has 0 amide bonds. The van der Waals surface area contributed by atoms with Crippen molar-refractivity contribution in [2.45, 2.75) is 39.2 Å². The number of nitrogens with zero attached hydrogens (tertiary/aromatic N) is 1. The number of rotatable bonds is 6. The van der Waals surface area contributed by atoms with Crippen LogP contribution in [0.1, 0.15) is 33.1 Å². The Morgan fingerprint density at radius 1 is 1.54 bits per heavy atom. The van der Waals surface area contributed by atoms with Gasteiger partial charge in [-0.05, 0) is 51.6 Å². The minimum Gasteiger partial charge on any atom is -0.393 e. The molecule has 0 aromatic heterocycles. The molecule has 0 aromatic rings. The second kappa shape index (κ2) is 4.97. The van der Waals surface area contributed by atoms with Crippen molar-refractivity contribution in [2.24, 2.45) is 11.8 Å². The van der Waals surface area contributed by atoms with Crippen molar-refractivity contribution in [2.75, 3.05) is 20.1 Å². The topological polar surface area (TPSA) is 23.5 Å². The Labute approximate surface area is 81.9 Å². The molecule has 2 nitrogen and oxygen atoms in total. The van der Waals surface area contributed by atoms with Crippen molar-refractivity contribution in [1.29, 1.82) is 0 Å². The second-order valence-corrected chi connectivity index (χ2v) is 4.73. The smallest absolute Gasteiger partial charge is 0.0512 e. The van der Waals surface area contributed by atoms with Gasteiger partial charge in [-0.25, -0.2) is 0 Å². The minimum atomic E-state index is -0.131. The van der Waals surface area contributed by atoms with Gasteiger partial charge < -0.3 is 10.0 Å². The molecule has 1 fully saturated rings. The zero-order chi connectivity index (χ0) is 9.84. The lowest BCUT2D eigenvalue weighted by Crippen LogP contribution is -2.23. The molecule has 78 valence electrons. The molecule has 0 radical (unpaired) electrons. The maximum absolute atomic E-state index is 9.08. The van der Waals surface area contributed by atoms with Crippen LogP contribution in [0.3, 0.4) is 0 Å². The second-order valence-electron chi connectivity index (χ2n) is 4.73. The fourth-order valence-electron chi connectivity index (χ4n) is 1.80. The van der Waals surface area contributed by atoms with Gasteiger partial charge in [0.15, 0.2) is 0 Å². The molecule has 1 aliphatic carbocycles. The predicted molar refractivity (Wildman–Crippen MR) is 55.7 cm³/mol. The molecule has 1 N–H and O–H groups in total. The van der Waals surface area contributed by atoms with Gasteiger partial charge in [0, 0.05) is 6.54 Å². The third-order valence-electron chi connectivity index (χ3n) is 2.98. The van der Waals surface area contributed by atoms with E-state index in [1.54, 1.807) is 0 Å². The summed E-state index contributed by atoms with van der Waals surface area (Å²) in [4.78, 5) is 2.40. The van der Waals surface area contributed by atoms with Gasteiger partial charge in [0.1, 0.15) is 0 Å². The van der Waals surface area contributed by atoms with E-state index in [2.05, 4.69) is 18.9 Å². The summed E-state index contributed by atoms with van der Waals surface area (Å²) in [6.07, 6.45) is 3.34. The maximum Gasteiger partial charge on any atom is 0.0512 e. The molecule has 1 rings (SSSR count). The molecule has 0 spiro atoms. The first kappa shape index (κ1) is 11.0. The molecule has 0 saturated heterocycles. The Hall–Kier alpha value is -0.0800. The zero-order valence-corrected chi connectivity index (χ0v) is 9.16. The van der Waals surface area contributed by atoms with Crippen LogP contribution < -0.4 is 0 Å². The largest absolute Gasteiger partial charge is 0.393 e. The molecular formula is C11H23NO. The van der Waals surface area contributed by atoms with E-state index >= 15 is 0 Å². The lowest BCUT2D eigenvalue weighted by molar-refractivity contribution is 0.173. The minimum absolute atomic E-state index is 0.131. The van der Waals surface area contributed by atoms with Gasteiger partial charge in [-0.3, -0.25) is 0 Å². The molecule has 3 unspecified atom stereocenters. The summed E-state index contributed by atoms with van der Waals surface area (Å²) < 4.78 is 0. The standard InChI is InChI=1S/C11H23NO/c1-9-7-11(9)8-12(3)6-4-5-10(2)13/h9-11,13H,4-8H2,1-3H3. The first-order valence-corrected chi connectivity index (χ1v) is 5.46. The van der Waals surface area contributed by atoms with Gasteiger partial charge in [0.25, 0.3) is 0 Å². The number of aliphatic hydroxyl groups is 1. The van der Waals surface area contributed by atoms with Gasteiger partial charge in [0.05, 0.1) is 6.10 Å². The lowest BCUT2D eigenvalue weighted by Gasteiger charge is -2.16. The van der Waals surface area contributed by atoms with Crippen molar-refractivity contribution < 1.29 is 5.11 Å². The van der Waals surface area contributed by atoms with E-state index in [9.17, 15) is 0 Å². The number of aliphatic hydroxyl groups excluding tert-OH is 1. The van der Waals surface area contributed by atoms with Crippen LogP contribution in [0.2, 0.25) is 0 Å². The molecule has 1 aliphatic rings. The third kappa shape index (κ3) is 4.63. The normalized spacial score (nSPS) is 29.3. The molecule has 0 heterocycles. The molecule has 13 heavy (non-hydrogen) atoms. The summed E-state index contributed by atoms with van der Waals surface area (Å²) in [5, 5.41) is 9.08. The van der Waals surface area contributed by atoms with Crippen molar-refractivity contribution in [3.05, 3.63) is 0 Å². The highest BCUT2D eigenvalue weighted by atomic mass is 16.3. The van der Waals surface area contributed by atoms with Crippen LogP contribution in [0.5, 0.6) is 0 Å². The summed E-state index contributed by atoms with van der Waals surface area (Å²) in [5.41, 5.74) is 0. The van der Waals surface area contributed by atoms with Gasteiger partial charge in [-0.1, -0.05) is 6.92 Å². The van der Waals surface area contributed by atoms with Crippen LogP contribution in [0, 0.1) is 11.8 Å².